The van der Waals surface area contributed by atoms with E-state index in [1.807, 2.05) is 0 Å². The molecule has 3 heterocycles. The SMILES string of the molecule is O=C(NCC(=O)N1CCN(c2ncc(C(F)(F)F)cc2Cl)CC1)c1ccoc1. The summed E-state index contributed by atoms with van der Waals surface area (Å²) >= 11 is 5.96. The molecule has 0 bridgehead atoms. The predicted octanol–water partition coefficient (Wildman–Crippen LogP) is 2.43. The molecule has 0 radical (unpaired) electrons. The number of nitrogens with one attached hydrogen (secondary N) is 1. The molecule has 150 valence electrons. The van der Waals surface area contributed by atoms with Crippen LogP contribution in [0.4, 0.5) is 19.0 Å². The Balaban J connectivity index is 1.53. The van der Waals surface area contributed by atoms with Gasteiger partial charge in [-0.25, -0.2) is 4.98 Å². The van der Waals surface area contributed by atoms with E-state index in [1.54, 1.807) is 9.80 Å². The standard InChI is InChI=1S/C17H16ClF3N4O3/c18-13-7-12(17(19,20)21)8-22-15(13)25-4-2-24(3-5-25)14(26)9-23-16(27)11-1-6-28-10-11/h1,6-8,10H,2-5,9H2,(H,23,27). The van der Waals surface area contributed by atoms with Crippen molar-refractivity contribution in [1.82, 2.24) is 15.2 Å². The van der Waals surface area contributed by atoms with Gasteiger partial charge in [-0.15, -0.1) is 0 Å². The zero-order chi connectivity index (χ0) is 20.3. The summed E-state index contributed by atoms with van der Waals surface area (Å²) in [4.78, 5) is 31.2. The largest absolute Gasteiger partial charge is 0.472 e. The number of aromatic nitrogens is 1. The molecular weight excluding hydrogens is 401 g/mol. The van der Waals surface area contributed by atoms with Crippen LogP contribution in [0.25, 0.3) is 0 Å². The molecule has 0 unspecified atom stereocenters. The molecule has 1 fully saturated rings. The van der Waals surface area contributed by atoms with Gasteiger partial charge in [0, 0.05) is 32.4 Å². The van der Waals surface area contributed by atoms with Crippen molar-refractivity contribution in [2.24, 2.45) is 0 Å². The lowest BCUT2D eigenvalue weighted by Crippen LogP contribution is -2.51. The summed E-state index contributed by atoms with van der Waals surface area (Å²) in [7, 11) is 0. The Bertz CT molecular complexity index is 850. The number of carbonyl (C=O) groups excluding carboxylic acids is 2. The first-order valence-electron chi connectivity index (χ1n) is 8.31. The van der Waals surface area contributed by atoms with Gasteiger partial charge in [0.15, 0.2) is 0 Å². The molecule has 11 heteroatoms. The summed E-state index contributed by atoms with van der Waals surface area (Å²) in [5, 5.41) is 2.42. The van der Waals surface area contributed by atoms with Gasteiger partial charge in [-0.2, -0.15) is 13.2 Å². The lowest BCUT2D eigenvalue weighted by Gasteiger charge is -2.35. The second kappa shape index (κ2) is 8.09. The smallest absolute Gasteiger partial charge is 0.417 e. The Hall–Kier alpha value is -2.75. The number of amides is 2. The lowest BCUT2D eigenvalue weighted by molar-refractivity contribution is -0.137. The van der Waals surface area contributed by atoms with Gasteiger partial charge in [-0.1, -0.05) is 11.6 Å². The van der Waals surface area contributed by atoms with Crippen LogP contribution >= 0.6 is 11.6 Å². The second-order valence-corrected chi connectivity index (χ2v) is 6.50. The van der Waals surface area contributed by atoms with Crippen LogP contribution in [-0.4, -0.2) is 54.4 Å². The van der Waals surface area contributed by atoms with Crippen molar-refractivity contribution in [2.45, 2.75) is 6.18 Å². The molecule has 28 heavy (non-hydrogen) atoms. The van der Waals surface area contributed by atoms with E-state index in [1.165, 1.54) is 18.6 Å². The summed E-state index contributed by atoms with van der Waals surface area (Å²) in [5.41, 5.74) is -0.593. The van der Waals surface area contributed by atoms with Crippen molar-refractivity contribution in [2.75, 3.05) is 37.6 Å². The van der Waals surface area contributed by atoms with Crippen LogP contribution in [0.15, 0.2) is 35.3 Å². The fourth-order valence-corrected chi connectivity index (χ4v) is 3.04. The Labute approximate surface area is 163 Å². The minimum atomic E-state index is -4.51. The number of pyridine rings is 1. The molecule has 2 amide bonds. The third-order valence-corrected chi connectivity index (χ3v) is 4.54. The first kappa shape index (κ1) is 20.0. The number of furan rings is 1. The Morgan fingerprint density at radius 3 is 2.54 bits per heavy atom. The van der Waals surface area contributed by atoms with E-state index in [9.17, 15) is 22.8 Å². The molecule has 1 saturated heterocycles. The van der Waals surface area contributed by atoms with Crippen molar-refractivity contribution in [3.63, 3.8) is 0 Å². The topological polar surface area (TPSA) is 78.7 Å². The quantitative estimate of drug-likeness (QED) is 0.828. The minimum Gasteiger partial charge on any atom is -0.472 e. The van der Waals surface area contributed by atoms with Crippen molar-refractivity contribution < 1.29 is 27.2 Å². The van der Waals surface area contributed by atoms with Gasteiger partial charge in [-0.3, -0.25) is 9.59 Å². The lowest BCUT2D eigenvalue weighted by atomic mass is 10.2. The number of hydrogen-bond acceptors (Lipinski definition) is 5. The predicted molar refractivity (Wildman–Crippen MR) is 94.1 cm³/mol. The highest BCUT2D eigenvalue weighted by Crippen LogP contribution is 2.33. The van der Waals surface area contributed by atoms with Gasteiger partial charge in [0.2, 0.25) is 5.91 Å². The summed E-state index contributed by atoms with van der Waals surface area (Å²) in [6, 6.07) is 2.33. The van der Waals surface area contributed by atoms with Crippen molar-refractivity contribution in [1.29, 1.82) is 0 Å². The highest BCUT2D eigenvalue weighted by Gasteiger charge is 2.32. The van der Waals surface area contributed by atoms with E-state index in [0.29, 0.717) is 31.7 Å². The van der Waals surface area contributed by atoms with E-state index >= 15 is 0 Å². The van der Waals surface area contributed by atoms with Crippen LogP contribution in [0.2, 0.25) is 5.02 Å². The summed E-state index contributed by atoms with van der Waals surface area (Å²) in [6.07, 6.45) is -1.14. The summed E-state index contributed by atoms with van der Waals surface area (Å²) in [6.45, 7) is 1.22. The monoisotopic (exact) mass is 416 g/mol. The number of anilines is 1. The number of carbonyl (C=O) groups is 2. The molecule has 0 spiro atoms. The van der Waals surface area contributed by atoms with Crippen molar-refractivity contribution in [3.05, 3.63) is 47.0 Å². The molecule has 0 aromatic carbocycles. The maximum atomic E-state index is 12.7. The van der Waals surface area contributed by atoms with Gasteiger partial charge in [0.25, 0.3) is 5.91 Å². The molecule has 3 rings (SSSR count). The van der Waals surface area contributed by atoms with Crippen molar-refractivity contribution in [3.8, 4) is 0 Å². The fourth-order valence-electron chi connectivity index (χ4n) is 2.75. The molecule has 1 aliphatic heterocycles. The molecule has 0 saturated carbocycles. The van der Waals surface area contributed by atoms with Crippen LogP contribution in [0.3, 0.4) is 0 Å². The molecule has 7 nitrogen and oxygen atoms in total. The van der Waals surface area contributed by atoms with Gasteiger partial charge < -0.3 is 19.5 Å². The Morgan fingerprint density at radius 1 is 1.25 bits per heavy atom. The first-order valence-corrected chi connectivity index (χ1v) is 8.69. The third kappa shape index (κ3) is 4.56. The van der Waals surface area contributed by atoms with E-state index in [2.05, 4.69) is 10.3 Å². The highest BCUT2D eigenvalue weighted by molar-refractivity contribution is 6.33. The average molecular weight is 417 g/mol. The minimum absolute atomic E-state index is 0.0954. The van der Waals surface area contributed by atoms with Crippen molar-refractivity contribution >= 4 is 29.2 Å². The van der Waals surface area contributed by atoms with E-state index < -0.39 is 17.6 Å². The molecule has 2 aromatic heterocycles. The number of piperazine rings is 1. The summed E-state index contributed by atoms with van der Waals surface area (Å²) < 4.78 is 42.9. The number of rotatable bonds is 4. The van der Waals surface area contributed by atoms with Crippen LogP contribution in [0, 0.1) is 0 Å². The van der Waals surface area contributed by atoms with Crippen LogP contribution in [0.5, 0.6) is 0 Å². The molecule has 0 aliphatic carbocycles. The van der Waals surface area contributed by atoms with Gasteiger partial charge in [0.1, 0.15) is 12.1 Å². The number of nitrogens with zero attached hydrogens (tertiary/aromatic N) is 3. The molecule has 1 aliphatic rings. The van der Waals surface area contributed by atoms with E-state index in [4.69, 9.17) is 16.0 Å². The summed E-state index contributed by atoms with van der Waals surface area (Å²) in [5.74, 6) is -0.431. The van der Waals surface area contributed by atoms with Gasteiger partial charge in [0.05, 0.1) is 29.0 Å². The number of halogens is 4. The van der Waals surface area contributed by atoms with E-state index in [-0.39, 0.29) is 23.3 Å². The Morgan fingerprint density at radius 2 is 1.96 bits per heavy atom. The molecular formula is C17H16ClF3N4O3. The maximum absolute atomic E-state index is 12.7. The van der Waals surface area contributed by atoms with E-state index in [0.717, 1.165) is 12.3 Å². The van der Waals surface area contributed by atoms with Gasteiger partial charge >= 0.3 is 6.18 Å². The van der Waals surface area contributed by atoms with Gasteiger partial charge in [-0.05, 0) is 12.1 Å². The molecule has 2 aromatic rings. The Kier molecular flexibility index (Phi) is 5.78. The normalized spacial score (nSPS) is 14.9. The number of alkyl halides is 3. The second-order valence-electron chi connectivity index (χ2n) is 6.09. The zero-order valence-corrected chi connectivity index (χ0v) is 15.3. The fraction of sp³-hybridized carbons (Fsp3) is 0.353. The first-order chi connectivity index (χ1) is 13.3. The maximum Gasteiger partial charge on any atom is 0.417 e. The molecule has 1 N–H and O–H groups in total. The molecule has 0 atom stereocenters. The van der Waals surface area contributed by atoms with Crippen LogP contribution in [0.1, 0.15) is 15.9 Å². The third-order valence-electron chi connectivity index (χ3n) is 4.26. The van der Waals surface area contributed by atoms with Crippen LogP contribution < -0.4 is 10.2 Å². The highest BCUT2D eigenvalue weighted by atomic mass is 35.5. The average Bonchev–Trinajstić information content (AvgIpc) is 3.20. The zero-order valence-electron chi connectivity index (χ0n) is 14.5. The number of hydrogen-bond donors (Lipinski definition) is 1. The van der Waals surface area contributed by atoms with Crippen LogP contribution in [-0.2, 0) is 11.0 Å².